The number of hydrogen-bond donors (Lipinski definition) is 1. The Morgan fingerprint density at radius 2 is 1.62 bits per heavy atom. The summed E-state index contributed by atoms with van der Waals surface area (Å²) in [7, 11) is 6.97. The van der Waals surface area contributed by atoms with Gasteiger partial charge >= 0.3 is 0 Å². The number of aliphatic hydroxyl groups is 1. The fraction of sp³-hybridized carbons (Fsp3) is 0.290. The largest absolute Gasteiger partial charge is 0.507 e. The summed E-state index contributed by atoms with van der Waals surface area (Å²) in [4.78, 5) is 30.1. The van der Waals surface area contributed by atoms with E-state index in [1.165, 1.54) is 12.0 Å². The lowest BCUT2D eigenvalue weighted by atomic mass is 9.94. The van der Waals surface area contributed by atoms with Crippen molar-refractivity contribution in [2.75, 3.05) is 41.4 Å². The van der Waals surface area contributed by atoms with Crippen LogP contribution in [0.3, 0.4) is 0 Å². The van der Waals surface area contributed by atoms with Crippen molar-refractivity contribution in [1.82, 2.24) is 9.80 Å². The molecule has 1 aliphatic heterocycles. The quantitative estimate of drug-likeness (QED) is 0.219. The fourth-order valence-corrected chi connectivity index (χ4v) is 4.64. The van der Waals surface area contributed by atoms with Crippen molar-refractivity contribution >= 4 is 17.4 Å². The summed E-state index contributed by atoms with van der Waals surface area (Å²) < 4.78 is 16.8. The van der Waals surface area contributed by atoms with Gasteiger partial charge in [0.2, 0.25) is 0 Å². The Morgan fingerprint density at radius 3 is 2.26 bits per heavy atom. The van der Waals surface area contributed by atoms with Gasteiger partial charge in [-0.15, -0.1) is 0 Å². The standard InChI is InChI=1S/C31H34N2O6/c1-32(2)17-8-18-33-28(25-16-15-24(37-3)19-26(25)38-4)27(30(35)31(33)36)29(34)22-11-13-23(14-12-22)39-20-21-9-6-5-7-10-21/h5-7,9-16,19,28,34H,8,17-18,20H2,1-4H3/b29-27+. The predicted molar refractivity (Wildman–Crippen MR) is 149 cm³/mol. The third-order valence-corrected chi connectivity index (χ3v) is 6.66. The highest BCUT2D eigenvalue weighted by molar-refractivity contribution is 6.46. The van der Waals surface area contributed by atoms with E-state index in [9.17, 15) is 14.7 Å². The summed E-state index contributed by atoms with van der Waals surface area (Å²) in [6.07, 6.45) is 0.655. The van der Waals surface area contributed by atoms with Crippen LogP contribution < -0.4 is 14.2 Å². The maximum Gasteiger partial charge on any atom is 0.295 e. The number of ether oxygens (including phenoxy) is 3. The van der Waals surface area contributed by atoms with E-state index in [0.29, 0.717) is 47.9 Å². The second-order valence-electron chi connectivity index (χ2n) is 9.56. The topological polar surface area (TPSA) is 88.5 Å². The zero-order valence-corrected chi connectivity index (χ0v) is 22.7. The van der Waals surface area contributed by atoms with Crippen molar-refractivity contribution in [3.05, 3.63) is 95.1 Å². The van der Waals surface area contributed by atoms with Gasteiger partial charge in [-0.3, -0.25) is 9.59 Å². The third-order valence-electron chi connectivity index (χ3n) is 6.66. The molecule has 4 rings (SSSR count). The zero-order chi connectivity index (χ0) is 27.9. The van der Waals surface area contributed by atoms with E-state index in [4.69, 9.17) is 14.2 Å². The molecule has 1 atom stereocenters. The first-order valence-electron chi connectivity index (χ1n) is 12.8. The number of ketones is 1. The first-order chi connectivity index (χ1) is 18.8. The van der Waals surface area contributed by atoms with Crippen molar-refractivity contribution in [3.8, 4) is 17.2 Å². The van der Waals surface area contributed by atoms with Gasteiger partial charge in [0, 0.05) is 23.7 Å². The van der Waals surface area contributed by atoms with Crippen molar-refractivity contribution in [2.24, 2.45) is 0 Å². The Labute approximate surface area is 229 Å². The summed E-state index contributed by atoms with van der Waals surface area (Å²) in [5, 5.41) is 11.4. The van der Waals surface area contributed by atoms with Crippen LogP contribution in [0.25, 0.3) is 5.76 Å². The average molecular weight is 531 g/mol. The molecule has 0 spiro atoms. The van der Waals surface area contributed by atoms with Crippen LogP contribution in [0.5, 0.6) is 17.2 Å². The van der Waals surface area contributed by atoms with Crippen molar-refractivity contribution in [3.63, 3.8) is 0 Å². The van der Waals surface area contributed by atoms with Crippen LogP contribution in [-0.4, -0.2) is 68.0 Å². The molecule has 1 amide bonds. The molecule has 1 heterocycles. The van der Waals surface area contributed by atoms with Gasteiger partial charge in [-0.05, 0) is 69.0 Å². The van der Waals surface area contributed by atoms with Crippen LogP contribution in [0.4, 0.5) is 0 Å². The number of likely N-dealkylation sites (tertiary alicyclic amines) is 1. The van der Waals surface area contributed by atoms with E-state index in [1.807, 2.05) is 49.3 Å². The van der Waals surface area contributed by atoms with Gasteiger partial charge in [-0.2, -0.15) is 0 Å². The van der Waals surface area contributed by atoms with Gasteiger partial charge in [-0.25, -0.2) is 0 Å². The summed E-state index contributed by atoms with van der Waals surface area (Å²) in [5.74, 6) is 0.0140. The molecule has 39 heavy (non-hydrogen) atoms. The van der Waals surface area contributed by atoms with Crippen molar-refractivity contribution < 1.29 is 28.9 Å². The van der Waals surface area contributed by atoms with Gasteiger partial charge in [0.1, 0.15) is 29.6 Å². The number of methoxy groups -OCH3 is 2. The van der Waals surface area contributed by atoms with E-state index in [1.54, 1.807) is 49.6 Å². The normalized spacial score (nSPS) is 16.5. The number of benzene rings is 3. The van der Waals surface area contributed by atoms with Gasteiger partial charge < -0.3 is 29.1 Å². The number of hydrogen-bond acceptors (Lipinski definition) is 7. The van der Waals surface area contributed by atoms with E-state index in [-0.39, 0.29) is 11.3 Å². The van der Waals surface area contributed by atoms with Crippen LogP contribution in [0.1, 0.15) is 29.2 Å². The molecule has 0 aliphatic carbocycles. The first-order valence-corrected chi connectivity index (χ1v) is 12.8. The van der Waals surface area contributed by atoms with Gasteiger partial charge in [0.05, 0.1) is 25.8 Å². The highest BCUT2D eigenvalue weighted by atomic mass is 16.5. The van der Waals surface area contributed by atoms with E-state index < -0.39 is 17.7 Å². The highest BCUT2D eigenvalue weighted by Crippen LogP contribution is 2.43. The minimum Gasteiger partial charge on any atom is -0.507 e. The Balaban J connectivity index is 1.70. The van der Waals surface area contributed by atoms with Crippen LogP contribution in [0.15, 0.2) is 78.4 Å². The molecule has 1 saturated heterocycles. The zero-order valence-electron chi connectivity index (χ0n) is 22.7. The molecule has 204 valence electrons. The van der Waals surface area contributed by atoms with Crippen LogP contribution in [-0.2, 0) is 16.2 Å². The summed E-state index contributed by atoms with van der Waals surface area (Å²) >= 11 is 0. The second-order valence-corrected chi connectivity index (χ2v) is 9.56. The molecular weight excluding hydrogens is 496 g/mol. The number of carbonyl (C=O) groups excluding carboxylic acids is 2. The SMILES string of the molecule is COc1ccc(C2/C(=C(\O)c3ccc(OCc4ccccc4)cc3)C(=O)C(=O)N2CCCN(C)C)c(OC)c1. The molecule has 0 bridgehead atoms. The Hall–Kier alpha value is -4.30. The minimum absolute atomic E-state index is 0.0197. The van der Waals surface area contributed by atoms with Gasteiger partial charge in [-0.1, -0.05) is 30.3 Å². The molecule has 1 fully saturated rings. The number of aliphatic hydroxyl groups excluding tert-OH is 1. The second kappa shape index (κ2) is 12.5. The number of amides is 1. The molecule has 1 unspecified atom stereocenters. The molecule has 3 aromatic carbocycles. The first kappa shape index (κ1) is 27.7. The lowest BCUT2D eigenvalue weighted by molar-refractivity contribution is -0.140. The number of Topliss-reactive ketones (excluding diaryl/α,β-unsaturated/α-hetero) is 1. The summed E-state index contributed by atoms with van der Waals surface area (Å²) in [6, 6.07) is 21.0. The lowest BCUT2D eigenvalue weighted by Gasteiger charge is -2.27. The number of nitrogens with zero attached hydrogens (tertiary/aromatic N) is 2. The monoisotopic (exact) mass is 530 g/mol. The fourth-order valence-electron chi connectivity index (χ4n) is 4.64. The molecule has 0 saturated carbocycles. The molecule has 3 aromatic rings. The lowest BCUT2D eigenvalue weighted by Crippen LogP contribution is -2.32. The van der Waals surface area contributed by atoms with E-state index in [2.05, 4.69) is 0 Å². The van der Waals surface area contributed by atoms with Gasteiger partial charge in [0.15, 0.2) is 0 Å². The smallest absolute Gasteiger partial charge is 0.295 e. The Morgan fingerprint density at radius 1 is 0.923 bits per heavy atom. The number of rotatable bonds is 11. The molecule has 0 radical (unpaired) electrons. The Kier molecular flexibility index (Phi) is 8.88. The van der Waals surface area contributed by atoms with Crippen LogP contribution >= 0.6 is 0 Å². The van der Waals surface area contributed by atoms with Crippen LogP contribution in [0, 0.1) is 0 Å². The highest BCUT2D eigenvalue weighted by Gasteiger charge is 2.46. The molecule has 8 nitrogen and oxygen atoms in total. The summed E-state index contributed by atoms with van der Waals surface area (Å²) in [5.41, 5.74) is 2.05. The maximum atomic E-state index is 13.4. The molecule has 8 heteroatoms. The maximum absolute atomic E-state index is 13.4. The van der Waals surface area contributed by atoms with Gasteiger partial charge in [0.25, 0.3) is 11.7 Å². The van der Waals surface area contributed by atoms with E-state index >= 15 is 0 Å². The van der Waals surface area contributed by atoms with Crippen molar-refractivity contribution in [2.45, 2.75) is 19.1 Å². The molecule has 0 aromatic heterocycles. The van der Waals surface area contributed by atoms with Crippen molar-refractivity contribution in [1.29, 1.82) is 0 Å². The Bertz CT molecular complexity index is 1330. The predicted octanol–water partition coefficient (Wildman–Crippen LogP) is 4.66. The number of carbonyl (C=O) groups is 2. The molecule has 1 N–H and O–H groups in total. The molecule has 1 aliphatic rings. The third kappa shape index (κ3) is 6.23. The summed E-state index contributed by atoms with van der Waals surface area (Å²) in [6.45, 7) is 1.48. The van der Waals surface area contributed by atoms with E-state index in [0.717, 1.165) is 12.1 Å². The molecular formula is C31H34N2O6. The minimum atomic E-state index is -0.818. The van der Waals surface area contributed by atoms with Crippen LogP contribution in [0.2, 0.25) is 0 Å². The average Bonchev–Trinajstić information content (AvgIpc) is 3.20.